The monoisotopic (exact) mass is 276 g/mol. The maximum Gasteiger partial charge on any atom is 0.135 e. The van der Waals surface area contributed by atoms with Crippen LogP contribution >= 0.6 is 0 Å². The average molecular weight is 276 g/mol. The Morgan fingerprint density at radius 3 is 2.45 bits per heavy atom. The SMILES string of the molecule is CNc1nc(C(C)C)nc(NC2CCCC(C)C2)c1C. The van der Waals surface area contributed by atoms with Crippen LogP contribution in [0, 0.1) is 12.8 Å². The zero-order valence-corrected chi connectivity index (χ0v) is 13.5. The Balaban J connectivity index is 2.23. The molecule has 4 nitrogen and oxygen atoms in total. The summed E-state index contributed by atoms with van der Waals surface area (Å²) in [5.74, 6) is 4.01. The van der Waals surface area contributed by atoms with Crippen molar-refractivity contribution < 1.29 is 0 Å². The van der Waals surface area contributed by atoms with Gasteiger partial charge in [-0.25, -0.2) is 9.97 Å². The number of anilines is 2. The van der Waals surface area contributed by atoms with Crippen molar-refractivity contribution in [3.05, 3.63) is 11.4 Å². The maximum atomic E-state index is 4.74. The van der Waals surface area contributed by atoms with Crippen molar-refractivity contribution in [2.45, 2.75) is 65.3 Å². The van der Waals surface area contributed by atoms with Crippen molar-refractivity contribution in [3.8, 4) is 0 Å². The Bertz CT molecular complexity index is 456. The van der Waals surface area contributed by atoms with E-state index in [2.05, 4.69) is 43.3 Å². The molecule has 1 saturated carbocycles. The molecule has 2 atom stereocenters. The summed E-state index contributed by atoms with van der Waals surface area (Å²) in [6, 6.07) is 0.553. The minimum absolute atomic E-state index is 0.341. The summed E-state index contributed by atoms with van der Waals surface area (Å²) in [4.78, 5) is 9.33. The molecule has 1 aromatic heterocycles. The van der Waals surface area contributed by atoms with Gasteiger partial charge in [-0.1, -0.05) is 33.6 Å². The van der Waals surface area contributed by atoms with Gasteiger partial charge in [0.1, 0.15) is 17.5 Å². The first-order chi connectivity index (χ1) is 9.51. The van der Waals surface area contributed by atoms with E-state index in [9.17, 15) is 0 Å². The highest BCUT2D eigenvalue weighted by atomic mass is 15.1. The Morgan fingerprint density at radius 1 is 1.15 bits per heavy atom. The molecule has 0 spiro atoms. The molecule has 1 aliphatic carbocycles. The minimum Gasteiger partial charge on any atom is -0.373 e. The molecule has 0 aromatic carbocycles. The number of rotatable bonds is 4. The van der Waals surface area contributed by atoms with Gasteiger partial charge in [0.15, 0.2) is 0 Å². The predicted molar refractivity (Wildman–Crippen MR) is 85.4 cm³/mol. The predicted octanol–water partition coefficient (Wildman–Crippen LogP) is 3.94. The van der Waals surface area contributed by atoms with Gasteiger partial charge in [-0.15, -0.1) is 0 Å². The molecule has 0 amide bonds. The maximum absolute atomic E-state index is 4.74. The molecule has 1 heterocycles. The molecule has 2 N–H and O–H groups in total. The summed E-state index contributed by atoms with van der Waals surface area (Å²) in [6.07, 6.45) is 5.17. The second-order valence-electron chi connectivity index (χ2n) is 6.42. The van der Waals surface area contributed by atoms with Crippen molar-refractivity contribution >= 4 is 11.6 Å². The van der Waals surface area contributed by atoms with E-state index >= 15 is 0 Å². The first kappa shape index (κ1) is 15.1. The fourth-order valence-corrected chi connectivity index (χ4v) is 2.93. The van der Waals surface area contributed by atoms with Crippen LogP contribution in [-0.2, 0) is 0 Å². The largest absolute Gasteiger partial charge is 0.373 e. The van der Waals surface area contributed by atoms with Crippen LogP contribution in [0.4, 0.5) is 11.6 Å². The summed E-state index contributed by atoms with van der Waals surface area (Å²) in [7, 11) is 1.92. The molecule has 0 aliphatic heterocycles. The van der Waals surface area contributed by atoms with E-state index in [1.54, 1.807) is 0 Å². The fraction of sp³-hybridized carbons (Fsp3) is 0.750. The molecule has 1 aliphatic rings. The summed E-state index contributed by atoms with van der Waals surface area (Å²) < 4.78 is 0. The van der Waals surface area contributed by atoms with E-state index in [1.807, 2.05) is 7.05 Å². The van der Waals surface area contributed by atoms with Crippen LogP contribution < -0.4 is 10.6 Å². The second-order valence-corrected chi connectivity index (χ2v) is 6.42. The van der Waals surface area contributed by atoms with Gasteiger partial charge < -0.3 is 10.6 Å². The molecular weight excluding hydrogens is 248 g/mol. The van der Waals surface area contributed by atoms with Crippen LogP contribution in [0.5, 0.6) is 0 Å². The molecule has 1 fully saturated rings. The molecule has 20 heavy (non-hydrogen) atoms. The lowest BCUT2D eigenvalue weighted by molar-refractivity contribution is 0.358. The number of nitrogens with zero attached hydrogens (tertiary/aromatic N) is 2. The fourth-order valence-electron chi connectivity index (χ4n) is 2.93. The molecule has 0 saturated heterocycles. The molecule has 0 radical (unpaired) electrons. The van der Waals surface area contributed by atoms with Gasteiger partial charge in [-0.2, -0.15) is 0 Å². The lowest BCUT2D eigenvalue weighted by Crippen LogP contribution is -2.27. The highest BCUT2D eigenvalue weighted by molar-refractivity contribution is 5.57. The first-order valence-corrected chi connectivity index (χ1v) is 7.84. The number of aromatic nitrogens is 2. The van der Waals surface area contributed by atoms with Crippen molar-refractivity contribution in [1.29, 1.82) is 0 Å². The van der Waals surface area contributed by atoms with E-state index in [1.165, 1.54) is 25.7 Å². The molecule has 1 aromatic rings. The minimum atomic E-state index is 0.341. The number of nitrogens with one attached hydrogen (secondary N) is 2. The third-order valence-electron chi connectivity index (χ3n) is 4.19. The van der Waals surface area contributed by atoms with Crippen LogP contribution in [0.2, 0.25) is 0 Å². The van der Waals surface area contributed by atoms with Crippen LogP contribution in [0.3, 0.4) is 0 Å². The Hall–Kier alpha value is -1.32. The number of hydrogen-bond donors (Lipinski definition) is 2. The first-order valence-electron chi connectivity index (χ1n) is 7.84. The van der Waals surface area contributed by atoms with Gasteiger partial charge in [0.25, 0.3) is 0 Å². The molecule has 112 valence electrons. The Kier molecular flexibility index (Phi) is 4.84. The highest BCUT2D eigenvalue weighted by Crippen LogP contribution is 2.28. The molecule has 4 heteroatoms. The van der Waals surface area contributed by atoms with E-state index in [0.717, 1.165) is 28.9 Å². The van der Waals surface area contributed by atoms with E-state index in [0.29, 0.717) is 12.0 Å². The quantitative estimate of drug-likeness (QED) is 0.874. The van der Waals surface area contributed by atoms with Crippen LogP contribution in [-0.4, -0.2) is 23.1 Å². The summed E-state index contributed by atoms with van der Waals surface area (Å²) >= 11 is 0. The second kappa shape index (κ2) is 6.42. The lowest BCUT2D eigenvalue weighted by atomic mass is 9.87. The summed E-state index contributed by atoms with van der Waals surface area (Å²) in [6.45, 7) is 8.71. The Labute approximate surface area is 122 Å². The van der Waals surface area contributed by atoms with Gasteiger partial charge in [0.05, 0.1) is 0 Å². The van der Waals surface area contributed by atoms with E-state index in [-0.39, 0.29) is 0 Å². The average Bonchev–Trinajstić information content (AvgIpc) is 2.41. The van der Waals surface area contributed by atoms with Gasteiger partial charge in [-0.05, 0) is 25.7 Å². The van der Waals surface area contributed by atoms with Gasteiger partial charge in [-0.3, -0.25) is 0 Å². The zero-order chi connectivity index (χ0) is 14.7. The van der Waals surface area contributed by atoms with Crippen molar-refractivity contribution in [2.24, 2.45) is 5.92 Å². The van der Waals surface area contributed by atoms with Gasteiger partial charge in [0, 0.05) is 24.6 Å². The lowest BCUT2D eigenvalue weighted by Gasteiger charge is -2.28. The standard InChI is InChI=1S/C16H28N4/c1-10(2)14-19-15(17-5)12(4)16(20-14)18-13-8-6-7-11(3)9-13/h10-11,13H,6-9H2,1-5H3,(H2,17,18,19,20). The zero-order valence-electron chi connectivity index (χ0n) is 13.5. The van der Waals surface area contributed by atoms with Crippen LogP contribution in [0.25, 0.3) is 0 Å². The molecule has 2 rings (SSSR count). The van der Waals surface area contributed by atoms with Gasteiger partial charge in [0.2, 0.25) is 0 Å². The van der Waals surface area contributed by atoms with E-state index in [4.69, 9.17) is 4.98 Å². The summed E-state index contributed by atoms with van der Waals surface area (Å²) in [5, 5.41) is 6.84. The van der Waals surface area contributed by atoms with Crippen molar-refractivity contribution in [2.75, 3.05) is 17.7 Å². The Morgan fingerprint density at radius 2 is 1.85 bits per heavy atom. The third kappa shape index (κ3) is 3.41. The van der Waals surface area contributed by atoms with Gasteiger partial charge >= 0.3 is 0 Å². The smallest absolute Gasteiger partial charge is 0.135 e. The normalized spacial score (nSPS) is 22.9. The third-order valence-corrected chi connectivity index (χ3v) is 4.19. The molecule has 0 bridgehead atoms. The topological polar surface area (TPSA) is 49.8 Å². The van der Waals surface area contributed by atoms with Crippen molar-refractivity contribution in [3.63, 3.8) is 0 Å². The molecule has 2 unspecified atom stereocenters. The highest BCUT2D eigenvalue weighted by Gasteiger charge is 2.21. The van der Waals surface area contributed by atoms with E-state index < -0.39 is 0 Å². The van der Waals surface area contributed by atoms with Crippen LogP contribution in [0.15, 0.2) is 0 Å². The number of hydrogen-bond acceptors (Lipinski definition) is 4. The molecular formula is C16H28N4. The van der Waals surface area contributed by atoms with Crippen LogP contribution in [0.1, 0.15) is 63.8 Å². The van der Waals surface area contributed by atoms with Crippen molar-refractivity contribution in [1.82, 2.24) is 9.97 Å². The summed E-state index contributed by atoms with van der Waals surface area (Å²) in [5.41, 5.74) is 1.12.